The van der Waals surface area contributed by atoms with Gasteiger partial charge in [-0.3, -0.25) is 19.7 Å². The van der Waals surface area contributed by atoms with Gasteiger partial charge in [-0.05, 0) is 37.7 Å². The summed E-state index contributed by atoms with van der Waals surface area (Å²) in [6.07, 6.45) is 1.88. The zero-order valence-electron chi connectivity index (χ0n) is 18.4. The van der Waals surface area contributed by atoms with Crippen LogP contribution in [0.1, 0.15) is 35.2 Å². The van der Waals surface area contributed by atoms with Gasteiger partial charge in [-0.25, -0.2) is 0 Å². The van der Waals surface area contributed by atoms with Crippen LogP contribution in [0, 0.1) is 16.0 Å². The van der Waals surface area contributed by atoms with E-state index in [2.05, 4.69) is 5.32 Å². The molecule has 0 radical (unpaired) electrons. The zero-order valence-corrected chi connectivity index (χ0v) is 18.4. The smallest absolute Gasteiger partial charge is 0.376 e. The molecule has 12 heteroatoms. The summed E-state index contributed by atoms with van der Waals surface area (Å²) in [4.78, 5) is 39.3. The summed E-state index contributed by atoms with van der Waals surface area (Å²) < 4.78 is 14.4. The molecule has 1 saturated carbocycles. The molecule has 1 aromatic rings. The lowest BCUT2D eigenvalue weighted by Crippen LogP contribution is -2.55. The molecule has 3 rings (SSSR count). The number of benzene rings is 1. The SMILES string of the molecule is CNC(=O)c1ccc(CN(CC2CC2)C(=O)CC2CN(B(C)O)CCN2F)c([N+](=O)[O-])c1. The number of halogens is 1. The highest BCUT2D eigenvalue weighted by Gasteiger charge is 2.35. The summed E-state index contributed by atoms with van der Waals surface area (Å²) in [5.74, 6) is -0.389. The van der Waals surface area contributed by atoms with Crippen LogP contribution in [-0.4, -0.2) is 82.9 Å². The Bertz CT molecular complexity index is 869. The fourth-order valence-corrected chi connectivity index (χ4v) is 3.92. The summed E-state index contributed by atoms with van der Waals surface area (Å²) in [6.45, 7) is 2.75. The Balaban J connectivity index is 1.77. The maximum absolute atomic E-state index is 14.4. The molecule has 1 atom stereocenters. The van der Waals surface area contributed by atoms with Gasteiger partial charge in [-0.15, -0.1) is 9.60 Å². The first kappa shape index (κ1) is 24.1. The van der Waals surface area contributed by atoms with Crippen LogP contribution < -0.4 is 5.32 Å². The van der Waals surface area contributed by atoms with E-state index in [4.69, 9.17) is 0 Å². The van der Waals surface area contributed by atoms with Gasteiger partial charge >= 0.3 is 7.05 Å². The van der Waals surface area contributed by atoms with Crippen molar-refractivity contribution < 1.29 is 24.0 Å². The number of nitrogens with one attached hydrogen (secondary N) is 1. The Hall–Kier alpha value is -2.57. The summed E-state index contributed by atoms with van der Waals surface area (Å²) in [5, 5.41) is 24.5. The molecule has 0 bridgehead atoms. The van der Waals surface area contributed by atoms with E-state index in [1.54, 1.807) is 16.5 Å². The third kappa shape index (κ3) is 6.02. The molecule has 2 fully saturated rings. The lowest BCUT2D eigenvalue weighted by Gasteiger charge is -2.37. The summed E-state index contributed by atoms with van der Waals surface area (Å²) in [5.41, 5.74) is 0.254. The molecule has 1 unspecified atom stereocenters. The average Bonchev–Trinajstić information content (AvgIpc) is 3.58. The number of carbonyl (C=O) groups excluding carboxylic acids is 2. The number of piperazine rings is 1. The zero-order chi connectivity index (χ0) is 23.4. The highest BCUT2D eigenvalue weighted by atomic mass is 19.2. The van der Waals surface area contributed by atoms with Crippen molar-refractivity contribution in [3.05, 3.63) is 39.4 Å². The number of hydrogen-bond acceptors (Lipinski definition) is 7. The second-order valence-electron chi connectivity index (χ2n) is 8.51. The van der Waals surface area contributed by atoms with Crippen LogP contribution in [0.4, 0.5) is 10.2 Å². The molecule has 1 aliphatic heterocycles. The largest absolute Gasteiger partial charge is 0.437 e. The lowest BCUT2D eigenvalue weighted by atomic mass is 9.83. The van der Waals surface area contributed by atoms with Crippen molar-refractivity contribution >= 4 is 24.6 Å². The molecule has 10 nitrogen and oxygen atoms in total. The Morgan fingerprint density at radius 1 is 1.38 bits per heavy atom. The molecular formula is C20H29BFN5O5. The Kier molecular flexibility index (Phi) is 7.80. The fourth-order valence-electron chi connectivity index (χ4n) is 3.92. The third-order valence-corrected chi connectivity index (χ3v) is 6.04. The van der Waals surface area contributed by atoms with Gasteiger partial charge in [0.05, 0.1) is 17.5 Å². The molecule has 1 aliphatic carbocycles. The number of carbonyl (C=O) groups is 2. The predicted molar refractivity (Wildman–Crippen MR) is 116 cm³/mol. The standard InChI is InChI=1S/C20H29BFN5O5/c1-21(30)25-7-8-26(22)17(13-25)10-19(28)24(11-14-3-4-14)12-16-6-5-15(20(29)23-2)9-18(16)27(31)32/h5-6,9,14,17,30H,3-4,7-8,10-13H2,1-2H3,(H,23,29). The van der Waals surface area contributed by atoms with E-state index in [1.807, 2.05) is 0 Å². The first-order valence-electron chi connectivity index (χ1n) is 10.8. The van der Waals surface area contributed by atoms with Crippen LogP contribution in [0.5, 0.6) is 0 Å². The van der Waals surface area contributed by atoms with Gasteiger partial charge in [0.2, 0.25) is 5.91 Å². The summed E-state index contributed by atoms with van der Waals surface area (Å²) in [7, 11) is 0.710. The highest BCUT2D eigenvalue weighted by molar-refractivity contribution is 6.45. The van der Waals surface area contributed by atoms with Gasteiger partial charge in [-0.1, -0.05) is 0 Å². The number of nitro benzene ring substituents is 1. The van der Waals surface area contributed by atoms with Crippen LogP contribution in [0.15, 0.2) is 18.2 Å². The molecule has 1 heterocycles. The number of amides is 2. The second-order valence-corrected chi connectivity index (χ2v) is 8.51. The molecule has 2 amide bonds. The van der Waals surface area contributed by atoms with Crippen LogP contribution in [0.2, 0.25) is 6.82 Å². The van der Waals surface area contributed by atoms with Crippen molar-refractivity contribution in [1.29, 1.82) is 0 Å². The van der Waals surface area contributed by atoms with Gasteiger partial charge in [0, 0.05) is 56.8 Å². The maximum atomic E-state index is 14.4. The van der Waals surface area contributed by atoms with Crippen LogP contribution in [-0.2, 0) is 11.3 Å². The lowest BCUT2D eigenvalue weighted by molar-refractivity contribution is -0.385. The molecule has 0 aromatic heterocycles. The molecule has 174 valence electrons. The molecule has 32 heavy (non-hydrogen) atoms. The maximum Gasteiger partial charge on any atom is 0.376 e. The van der Waals surface area contributed by atoms with Gasteiger partial charge in [-0.2, -0.15) is 0 Å². The number of nitro groups is 1. The van der Waals surface area contributed by atoms with E-state index in [0.717, 1.165) is 12.8 Å². The second kappa shape index (κ2) is 10.4. The van der Waals surface area contributed by atoms with Gasteiger partial charge in [0.1, 0.15) is 0 Å². The molecular weight excluding hydrogens is 420 g/mol. The fraction of sp³-hybridized carbons (Fsp3) is 0.600. The number of hydrogen-bond donors (Lipinski definition) is 2. The van der Waals surface area contributed by atoms with Crippen molar-refractivity contribution in [3.63, 3.8) is 0 Å². The van der Waals surface area contributed by atoms with Crippen LogP contribution in [0.25, 0.3) is 0 Å². The predicted octanol–water partition coefficient (Wildman–Crippen LogP) is 1.06. The van der Waals surface area contributed by atoms with E-state index < -0.39 is 23.9 Å². The van der Waals surface area contributed by atoms with Crippen LogP contribution >= 0.6 is 0 Å². The highest BCUT2D eigenvalue weighted by Crippen LogP contribution is 2.32. The Morgan fingerprint density at radius 3 is 2.69 bits per heavy atom. The Labute approximate surface area is 186 Å². The molecule has 2 aliphatic rings. The van der Waals surface area contributed by atoms with E-state index in [-0.39, 0.29) is 43.2 Å². The summed E-state index contributed by atoms with van der Waals surface area (Å²) >= 11 is 0. The van der Waals surface area contributed by atoms with E-state index >= 15 is 0 Å². The van der Waals surface area contributed by atoms with Gasteiger partial charge in [0.15, 0.2) is 0 Å². The van der Waals surface area contributed by atoms with Crippen molar-refractivity contribution in [2.75, 3.05) is 33.2 Å². The number of nitrogens with zero attached hydrogens (tertiary/aromatic N) is 4. The molecule has 1 saturated heterocycles. The third-order valence-electron chi connectivity index (χ3n) is 6.04. The summed E-state index contributed by atoms with van der Waals surface area (Å²) in [6, 6.07) is 3.50. The minimum absolute atomic E-state index is 0.0127. The molecule has 2 N–H and O–H groups in total. The van der Waals surface area contributed by atoms with Crippen molar-refractivity contribution in [1.82, 2.24) is 20.1 Å². The molecule has 1 aromatic carbocycles. The van der Waals surface area contributed by atoms with Gasteiger partial charge < -0.3 is 20.1 Å². The van der Waals surface area contributed by atoms with Gasteiger partial charge in [0.25, 0.3) is 11.6 Å². The normalized spacial score (nSPS) is 19.4. The quantitative estimate of drug-likeness (QED) is 0.251. The van der Waals surface area contributed by atoms with Crippen molar-refractivity contribution in [2.24, 2.45) is 5.92 Å². The first-order chi connectivity index (χ1) is 15.2. The first-order valence-corrected chi connectivity index (χ1v) is 10.8. The van der Waals surface area contributed by atoms with Crippen molar-refractivity contribution in [3.8, 4) is 0 Å². The van der Waals surface area contributed by atoms with Crippen LogP contribution in [0.3, 0.4) is 0 Å². The minimum atomic E-state index is -0.731. The minimum Gasteiger partial charge on any atom is -0.437 e. The topological polar surface area (TPSA) is 119 Å². The van der Waals surface area contributed by atoms with E-state index in [1.165, 1.54) is 25.2 Å². The number of rotatable bonds is 9. The van der Waals surface area contributed by atoms with E-state index in [9.17, 15) is 29.2 Å². The average molecular weight is 449 g/mol. The monoisotopic (exact) mass is 449 g/mol. The Morgan fingerprint density at radius 2 is 2.09 bits per heavy atom. The van der Waals surface area contributed by atoms with E-state index in [0.29, 0.717) is 29.7 Å². The molecule has 0 spiro atoms. The van der Waals surface area contributed by atoms with Crippen molar-refractivity contribution in [2.45, 2.75) is 38.7 Å².